The molecule has 5 nitrogen and oxygen atoms in total. The zero-order valence-electron chi connectivity index (χ0n) is 13.1. The molecule has 118 valence electrons. The van der Waals surface area contributed by atoms with Crippen LogP contribution < -0.4 is 5.73 Å². The molecule has 1 rings (SSSR count). The molecule has 0 aromatic rings. The van der Waals surface area contributed by atoms with Gasteiger partial charge in [0, 0.05) is 32.8 Å². The fourth-order valence-corrected chi connectivity index (χ4v) is 2.15. The van der Waals surface area contributed by atoms with Gasteiger partial charge in [-0.25, -0.2) is 0 Å². The molecule has 0 aliphatic carbocycles. The first kappa shape index (κ1) is 17.4. The molecule has 1 amide bonds. The number of ether oxygens (including phenoxy) is 2. The van der Waals surface area contributed by atoms with Gasteiger partial charge in [0.25, 0.3) is 0 Å². The highest BCUT2D eigenvalue weighted by atomic mass is 16.5. The van der Waals surface area contributed by atoms with E-state index in [-0.39, 0.29) is 18.1 Å². The Bertz CT molecular complexity index is 278. The number of carbonyl (C=O) groups excluding carboxylic acids is 1. The van der Waals surface area contributed by atoms with Crippen LogP contribution in [0.25, 0.3) is 0 Å². The number of amides is 1. The average molecular weight is 286 g/mol. The van der Waals surface area contributed by atoms with E-state index in [0.29, 0.717) is 18.9 Å². The quantitative estimate of drug-likeness (QED) is 0.732. The number of hydrogen-bond acceptors (Lipinski definition) is 4. The maximum atomic E-state index is 11.9. The van der Waals surface area contributed by atoms with Gasteiger partial charge in [-0.15, -0.1) is 0 Å². The second-order valence-electron chi connectivity index (χ2n) is 5.94. The van der Waals surface area contributed by atoms with Crippen molar-refractivity contribution in [2.24, 2.45) is 11.7 Å². The molecule has 0 bridgehead atoms. The number of rotatable bonds is 8. The monoisotopic (exact) mass is 286 g/mol. The second kappa shape index (κ2) is 9.32. The molecular weight excluding hydrogens is 256 g/mol. The lowest BCUT2D eigenvalue weighted by Crippen LogP contribution is -2.35. The van der Waals surface area contributed by atoms with Gasteiger partial charge in [0.15, 0.2) is 0 Å². The fourth-order valence-electron chi connectivity index (χ4n) is 2.15. The number of nitrogens with zero attached hydrogens (tertiary/aromatic N) is 1. The number of carbonyl (C=O) groups is 1. The van der Waals surface area contributed by atoms with Gasteiger partial charge in [0.2, 0.25) is 5.91 Å². The predicted molar refractivity (Wildman–Crippen MR) is 79.5 cm³/mol. The third kappa shape index (κ3) is 6.68. The molecule has 1 aliphatic rings. The largest absolute Gasteiger partial charge is 0.381 e. The number of hydrogen-bond donors (Lipinski definition) is 1. The van der Waals surface area contributed by atoms with E-state index in [0.717, 1.165) is 39.0 Å². The van der Waals surface area contributed by atoms with Gasteiger partial charge >= 0.3 is 0 Å². The minimum absolute atomic E-state index is 0.132. The molecule has 20 heavy (non-hydrogen) atoms. The van der Waals surface area contributed by atoms with Gasteiger partial charge in [-0.1, -0.05) is 13.8 Å². The van der Waals surface area contributed by atoms with E-state index >= 15 is 0 Å². The third-order valence-electron chi connectivity index (χ3n) is 3.92. The summed E-state index contributed by atoms with van der Waals surface area (Å²) >= 11 is 0. The summed E-state index contributed by atoms with van der Waals surface area (Å²) in [7, 11) is 1.84. The summed E-state index contributed by atoms with van der Waals surface area (Å²) in [5, 5.41) is 0. The van der Waals surface area contributed by atoms with E-state index in [1.807, 2.05) is 7.05 Å². The zero-order valence-corrected chi connectivity index (χ0v) is 13.1. The standard InChI is InChI=1S/C15H30N2O3/c1-12(2)14(16)4-8-17(3)15(18)7-11-20-13-5-9-19-10-6-13/h12-14H,4-11,16H2,1-3H3. The Morgan fingerprint density at radius 3 is 2.65 bits per heavy atom. The molecule has 1 fully saturated rings. The van der Waals surface area contributed by atoms with Gasteiger partial charge in [0.1, 0.15) is 0 Å². The van der Waals surface area contributed by atoms with E-state index in [9.17, 15) is 4.79 Å². The van der Waals surface area contributed by atoms with Crippen LogP contribution in [0.1, 0.15) is 39.5 Å². The Labute approximate surface area is 122 Å². The van der Waals surface area contributed by atoms with Crippen molar-refractivity contribution in [1.82, 2.24) is 4.90 Å². The molecule has 0 aromatic heterocycles. The lowest BCUT2D eigenvalue weighted by Gasteiger charge is -2.24. The van der Waals surface area contributed by atoms with Crippen molar-refractivity contribution in [2.45, 2.75) is 51.7 Å². The van der Waals surface area contributed by atoms with Gasteiger partial charge < -0.3 is 20.1 Å². The second-order valence-corrected chi connectivity index (χ2v) is 5.94. The van der Waals surface area contributed by atoms with Crippen molar-refractivity contribution >= 4 is 5.91 Å². The summed E-state index contributed by atoms with van der Waals surface area (Å²) in [5.74, 6) is 0.586. The van der Waals surface area contributed by atoms with Gasteiger partial charge in [-0.05, 0) is 25.2 Å². The maximum Gasteiger partial charge on any atom is 0.224 e. The molecule has 5 heteroatoms. The first-order valence-corrected chi connectivity index (χ1v) is 7.69. The Morgan fingerprint density at radius 1 is 1.40 bits per heavy atom. The van der Waals surface area contributed by atoms with Gasteiger partial charge in [0.05, 0.1) is 19.1 Å². The van der Waals surface area contributed by atoms with Crippen molar-refractivity contribution in [3.05, 3.63) is 0 Å². The van der Waals surface area contributed by atoms with Gasteiger partial charge in [-0.3, -0.25) is 4.79 Å². The van der Waals surface area contributed by atoms with Crippen molar-refractivity contribution in [3.8, 4) is 0 Å². The summed E-state index contributed by atoms with van der Waals surface area (Å²) < 4.78 is 11.0. The first-order valence-electron chi connectivity index (χ1n) is 7.69. The van der Waals surface area contributed by atoms with Crippen LogP contribution in [0.15, 0.2) is 0 Å². The first-order chi connectivity index (χ1) is 9.50. The van der Waals surface area contributed by atoms with Crippen LogP contribution in [0.5, 0.6) is 0 Å². The highest BCUT2D eigenvalue weighted by molar-refractivity contribution is 5.75. The molecule has 1 atom stereocenters. The Kier molecular flexibility index (Phi) is 8.11. The van der Waals surface area contributed by atoms with Crippen LogP contribution in [0, 0.1) is 5.92 Å². The molecule has 1 aliphatic heterocycles. The predicted octanol–water partition coefficient (Wildman–Crippen LogP) is 1.40. The molecule has 0 aromatic carbocycles. The SMILES string of the molecule is CC(C)C(N)CCN(C)C(=O)CCOC1CCOCC1. The highest BCUT2D eigenvalue weighted by Crippen LogP contribution is 2.11. The number of nitrogens with two attached hydrogens (primary N) is 1. The van der Waals surface area contributed by atoms with Crippen LogP contribution in [0.3, 0.4) is 0 Å². The molecule has 0 saturated carbocycles. The highest BCUT2D eigenvalue weighted by Gasteiger charge is 2.16. The van der Waals surface area contributed by atoms with E-state index < -0.39 is 0 Å². The van der Waals surface area contributed by atoms with Gasteiger partial charge in [-0.2, -0.15) is 0 Å². The molecule has 0 radical (unpaired) electrons. The molecular formula is C15H30N2O3. The Morgan fingerprint density at radius 2 is 2.05 bits per heavy atom. The summed E-state index contributed by atoms with van der Waals surface area (Å²) in [6.07, 6.45) is 3.43. The molecule has 2 N–H and O–H groups in total. The van der Waals surface area contributed by atoms with Crippen LogP contribution in [0.4, 0.5) is 0 Å². The summed E-state index contributed by atoms with van der Waals surface area (Å²) in [6, 6.07) is 0.156. The van der Waals surface area contributed by atoms with Crippen molar-refractivity contribution in [1.29, 1.82) is 0 Å². The van der Waals surface area contributed by atoms with E-state index in [1.54, 1.807) is 4.90 Å². The van der Waals surface area contributed by atoms with Crippen LogP contribution in [0.2, 0.25) is 0 Å². The normalized spacial score (nSPS) is 18.2. The summed E-state index contributed by atoms with van der Waals surface area (Å²) in [6.45, 7) is 6.97. The Hall–Kier alpha value is -0.650. The molecule has 0 spiro atoms. The summed E-state index contributed by atoms with van der Waals surface area (Å²) in [4.78, 5) is 13.7. The minimum atomic E-state index is 0.132. The van der Waals surface area contributed by atoms with E-state index in [2.05, 4.69) is 13.8 Å². The van der Waals surface area contributed by atoms with E-state index in [1.165, 1.54) is 0 Å². The third-order valence-corrected chi connectivity index (χ3v) is 3.92. The Balaban J connectivity index is 2.11. The van der Waals surface area contributed by atoms with Crippen LogP contribution >= 0.6 is 0 Å². The van der Waals surface area contributed by atoms with E-state index in [4.69, 9.17) is 15.2 Å². The minimum Gasteiger partial charge on any atom is -0.381 e. The average Bonchev–Trinajstić information content (AvgIpc) is 2.45. The lowest BCUT2D eigenvalue weighted by atomic mass is 10.0. The van der Waals surface area contributed by atoms with Crippen LogP contribution in [-0.4, -0.2) is 56.4 Å². The van der Waals surface area contributed by atoms with Crippen molar-refractivity contribution in [3.63, 3.8) is 0 Å². The molecule has 1 saturated heterocycles. The molecule has 1 unspecified atom stereocenters. The smallest absolute Gasteiger partial charge is 0.224 e. The van der Waals surface area contributed by atoms with Crippen molar-refractivity contribution in [2.75, 3.05) is 33.4 Å². The molecule has 1 heterocycles. The maximum absolute atomic E-state index is 11.9. The summed E-state index contributed by atoms with van der Waals surface area (Å²) in [5.41, 5.74) is 5.99. The van der Waals surface area contributed by atoms with Crippen LogP contribution in [-0.2, 0) is 14.3 Å². The zero-order chi connectivity index (χ0) is 15.0. The fraction of sp³-hybridized carbons (Fsp3) is 0.933. The lowest BCUT2D eigenvalue weighted by molar-refractivity contribution is -0.132. The topological polar surface area (TPSA) is 64.8 Å². The van der Waals surface area contributed by atoms with Crippen molar-refractivity contribution < 1.29 is 14.3 Å².